The van der Waals surface area contributed by atoms with Crippen LogP contribution in [0.15, 0.2) is 89.4 Å². The molecular weight excluding hydrogens is 399 g/mol. The lowest BCUT2D eigenvalue weighted by Gasteiger charge is -2.17. The molecule has 0 spiro atoms. The van der Waals surface area contributed by atoms with E-state index in [1.807, 2.05) is 12.1 Å². The van der Waals surface area contributed by atoms with Crippen LogP contribution in [0.4, 0.5) is 10.1 Å². The van der Waals surface area contributed by atoms with Crippen LogP contribution in [0.5, 0.6) is 0 Å². The number of nitrogens with zero attached hydrogens (tertiary/aromatic N) is 1. The molecule has 31 heavy (non-hydrogen) atoms. The summed E-state index contributed by atoms with van der Waals surface area (Å²) in [5, 5.41) is 2.63. The van der Waals surface area contributed by atoms with Crippen LogP contribution in [-0.4, -0.2) is 16.9 Å². The highest BCUT2D eigenvalue weighted by atomic mass is 19.1. The van der Waals surface area contributed by atoms with Crippen molar-refractivity contribution in [2.75, 3.05) is 5.32 Å². The predicted octanol–water partition coefficient (Wildman–Crippen LogP) is 4.90. The molecule has 0 saturated heterocycles. The van der Waals surface area contributed by atoms with Gasteiger partial charge in [-0.1, -0.05) is 42.5 Å². The van der Waals surface area contributed by atoms with E-state index in [4.69, 9.17) is 9.15 Å². The summed E-state index contributed by atoms with van der Waals surface area (Å²) >= 11 is 0. The Bertz CT molecular complexity index is 1200. The molecule has 0 fully saturated rings. The number of rotatable bonds is 6. The lowest BCUT2D eigenvalue weighted by Crippen LogP contribution is -2.25. The van der Waals surface area contributed by atoms with Crippen LogP contribution in [0.25, 0.3) is 17.2 Å². The number of carbonyl (C=O) groups excluding carboxylic acids is 2. The molecule has 3 aromatic carbocycles. The third kappa shape index (κ3) is 5.02. The molecule has 1 amide bonds. The Morgan fingerprint density at radius 2 is 1.68 bits per heavy atom. The van der Waals surface area contributed by atoms with E-state index in [0.29, 0.717) is 22.4 Å². The maximum atomic E-state index is 13.1. The minimum atomic E-state index is -1.20. The van der Waals surface area contributed by atoms with Gasteiger partial charge < -0.3 is 14.5 Å². The fourth-order valence-electron chi connectivity index (χ4n) is 2.90. The predicted molar refractivity (Wildman–Crippen MR) is 113 cm³/mol. The standard InChI is InChI=1S/C24H17FN2O4/c25-17-10-12-18(13-11-17)26-24(29)23(16-6-2-1-3-7-16)31-22(28)15-14-21-27-19-8-4-5-9-20(19)30-21/h1-15,23H,(H,26,29)/b15-14+/t23-/m0/s1. The van der Waals surface area contributed by atoms with Gasteiger partial charge in [-0.2, -0.15) is 0 Å². The third-order valence-corrected chi connectivity index (χ3v) is 4.36. The summed E-state index contributed by atoms with van der Waals surface area (Å²) in [5.41, 5.74) is 2.13. The number of anilines is 1. The van der Waals surface area contributed by atoms with Crippen LogP contribution < -0.4 is 5.32 Å². The van der Waals surface area contributed by atoms with Gasteiger partial charge in [-0.3, -0.25) is 4.79 Å². The Hall–Kier alpha value is -4.26. The highest BCUT2D eigenvalue weighted by molar-refractivity contribution is 5.97. The second-order valence-electron chi connectivity index (χ2n) is 6.58. The molecule has 0 aliphatic carbocycles. The van der Waals surface area contributed by atoms with E-state index in [2.05, 4.69) is 10.3 Å². The summed E-state index contributed by atoms with van der Waals surface area (Å²) in [6, 6.07) is 21.1. The minimum absolute atomic E-state index is 0.241. The Labute approximate surface area is 177 Å². The molecule has 4 rings (SSSR count). The number of esters is 1. The molecule has 1 atom stereocenters. The summed E-state index contributed by atoms with van der Waals surface area (Å²) in [6.45, 7) is 0. The fourth-order valence-corrected chi connectivity index (χ4v) is 2.90. The largest absolute Gasteiger partial charge is 0.444 e. The molecule has 1 N–H and O–H groups in total. The van der Waals surface area contributed by atoms with Gasteiger partial charge in [0.15, 0.2) is 5.58 Å². The van der Waals surface area contributed by atoms with E-state index in [1.54, 1.807) is 42.5 Å². The van der Waals surface area contributed by atoms with E-state index in [-0.39, 0.29) is 5.89 Å². The van der Waals surface area contributed by atoms with Crippen molar-refractivity contribution in [3.05, 3.63) is 102 Å². The number of halogens is 1. The number of carbonyl (C=O) groups is 2. The van der Waals surface area contributed by atoms with Crippen LogP contribution in [-0.2, 0) is 14.3 Å². The van der Waals surface area contributed by atoms with Crippen LogP contribution in [0.1, 0.15) is 17.6 Å². The van der Waals surface area contributed by atoms with Crippen LogP contribution in [0.2, 0.25) is 0 Å². The first kappa shape index (κ1) is 20.0. The Morgan fingerprint density at radius 3 is 2.42 bits per heavy atom. The molecule has 0 radical (unpaired) electrons. The monoisotopic (exact) mass is 416 g/mol. The third-order valence-electron chi connectivity index (χ3n) is 4.36. The molecule has 0 unspecified atom stereocenters. The van der Waals surface area contributed by atoms with E-state index in [9.17, 15) is 14.0 Å². The highest BCUT2D eigenvalue weighted by Crippen LogP contribution is 2.21. The van der Waals surface area contributed by atoms with Gasteiger partial charge in [-0.05, 0) is 36.4 Å². The zero-order chi connectivity index (χ0) is 21.6. The van der Waals surface area contributed by atoms with Gasteiger partial charge in [-0.15, -0.1) is 0 Å². The normalized spacial score (nSPS) is 12.0. The van der Waals surface area contributed by atoms with Gasteiger partial charge >= 0.3 is 5.97 Å². The number of ether oxygens (including phenoxy) is 1. The first-order valence-electron chi connectivity index (χ1n) is 9.44. The summed E-state index contributed by atoms with van der Waals surface area (Å²) in [6.07, 6.45) is 1.32. The summed E-state index contributed by atoms with van der Waals surface area (Å²) in [5.74, 6) is -1.50. The van der Waals surface area contributed by atoms with Crippen molar-refractivity contribution >= 4 is 34.7 Å². The average Bonchev–Trinajstić information content (AvgIpc) is 3.21. The maximum Gasteiger partial charge on any atom is 0.332 e. The van der Waals surface area contributed by atoms with Gasteiger partial charge in [0.2, 0.25) is 12.0 Å². The van der Waals surface area contributed by atoms with Crippen molar-refractivity contribution in [2.45, 2.75) is 6.10 Å². The first-order chi connectivity index (χ1) is 15.1. The van der Waals surface area contributed by atoms with Gasteiger partial charge in [-0.25, -0.2) is 14.2 Å². The number of amides is 1. The fraction of sp³-hybridized carbons (Fsp3) is 0.0417. The van der Waals surface area contributed by atoms with Crippen LogP contribution in [0, 0.1) is 5.82 Å². The second kappa shape index (κ2) is 9.04. The van der Waals surface area contributed by atoms with E-state index in [1.165, 1.54) is 30.3 Å². The molecule has 7 heteroatoms. The van der Waals surface area contributed by atoms with Crippen molar-refractivity contribution in [3.8, 4) is 0 Å². The van der Waals surface area contributed by atoms with E-state index in [0.717, 1.165) is 6.08 Å². The van der Waals surface area contributed by atoms with E-state index < -0.39 is 23.8 Å². The Morgan fingerprint density at radius 1 is 0.968 bits per heavy atom. The average molecular weight is 416 g/mol. The molecule has 0 aliphatic heterocycles. The second-order valence-corrected chi connectivity index (χ2v) is 6.58. The first-order valence-corrected chi connectivity index (χ1v) is 9.44. The summed E-state index contributed by atoms with van der Waals surface area (Å²) in [4.78, 5) is 29.4. The number of hydrogen-bond acceptors (Lipinski definition) is 5. The Balaban J connectivity index is 1.50. The SMILES string of the molecule is O=C(/C=C/c1nc2ccccc2o1)O[C@H](C(=O)Nc1ccc(F)cc1)c1ccccc1. The molecule has 1 heterocycles. The number of oxazole rings is 1. The number of fused-ring (bicyclic) bond motifs is 1. The number of nitrogens with one attached hydrogen (secondary N) is 1. The molecule has 0 aliphatic rings. The smallest absolute Gasteiger partial charge is 0.332 e. The summed E-state index contributed by atoms with van der Waals surface area (Å²) in [7, 11) is 0. The van der Waals surface area contributed by atoms with Crippen LogP contribution in [0.3, 0.4) is 0 Å². The maximum absolute atomic E-state index is 13.1. The number of benzene rings is 3. The molecular formula is C24H17FN2O4. The van der Waals surface area contributed by atoms with Gasteiger partial charge in [0.25, 0.3) is 5.91 Å². The quantitative estimate of drug-likeness (QED) is 0.357. The van der Waals surface area contributed by atoms with Crippen molar-refractivity contribution in [1.82, 2.24) is 4.98 Å². The molecule has 0 bridgehead atoms. The molecule has 4 aromatic rings. The van der Waals surface area contributed by atoms with Crippen molar-refractivity contribution in [3.63, 3.8) is 0 Å². The molecule has 1 aromatic heterocycles. The topological polar surface area (TPSA) is 81.4 Å². The number of aromatic nitrogens is 1. The zero-order valence-electron chi connectivity index (χ0n) is 16.2. The van der Waals surface area contributed by atoms with Crippen molar-refractivity contribution in [2.24, 2.45) is 0 Å². The lowest BCUT2D eigenvalue weighted by atomic mass is 10.1. The summed E-state index contributed by atoms with van der Waals surface area (Å²) < 4.78 is 24.0. The zero-order valence-corrected chi connectivity index (χ0v) is 16.2. The molecule has 0 saturated carbocycles. The van der Waals surface area contributed by atoms with Crippen LogP contribution >= 0.6 is 0 Å². The van der Waals surface area contributed by atoms with Crippen molar-refractivity contribution < 1.29 is 23.1 Å². The van der Waals surface area contributed by atoms with Crippen molar-refractivity contribution in [1.29, 1.82) is 0 Å². The van der Waals surface area contributed by atoms with Gasteiger partial charge in [0.05, 0.1) is 0 Å². The number of hydrogen-bond donors (Lipinski definition) is 1. The lowest BCUT2D eigenvalue weighted by molar-refractivity contribution is -0.149. The molecule has 6 nitrogen and oxygen atoms in total. The molecule has 154 valence electrons. The van der Waals surface area contributed by atoms with Gasteiger partial charge in [0, 0.05) is 23.4 Å². The Kier molecular flexibility index (Phi) is 5.84. The minimum Gasteiger partial charge on any atom is -0.444 e. The van der Waals surface area contributed by atoms with Gasteiger partial charge in [0.1, 0.15) is 11.3 Å². The van der Waals surface area contributed by atoms with E-state index >= 15 is 0 Å². The highest BCUT2D eigenvalue weighted by Gasteiger charge is 2.24. The number of para-hydroxylation sites is 2.